The summed E-state index contributed by atoms with van der Waals surface area (Å²) in [6, 6.07) is 3.47. The molecule has 0 aromatic carbocycles. The van der Waals surface area contributed by atoms with Gasteiger partial charge < -0.3 is 9.52 Å². The van der Waals surface area contributed by atoms with Crippen molar-refractivity contribution in [1.29, 1.82) is 0 Å². The van der Waals surface area contributed by atoms with Crippen molar-refractivity contribution in [2.75, 3.05) is 0 Å². The minimum Gasteiger partial charge on any atom is -0.481 e. The van der Waals surface area contributed by atoms with Gasteiger partial charge in [-0.2, -0.15) is 4.52 Å². The molecule has 2 N–H and O–H groups in total. The molecule has 0 saturated heterocycles. The van der Waals surface area contributed by atoms with Crippen LogP contribution in [0.1, 0.15) is 22.7 Å². The van der Waals surface area contributed by atoms with E-state index in [9.17, 15) is 9.59 Å². The van der Waals surface area contributed by atoms with Crippen LogP contribution in [0.25, 0.3) is 5.65 Å². The van der Waals surface area contributed by atoms with Gasteiger partial charge in [0.15, 0.2) is 5.65 Å². The van der Waals surface area contributed by atoms with E-state index in [1.165, 1.54) is 10.8 Å². The molecule has 3 rings (SSSR count). The van der Waals surface area contributed by atoms with E-state index in [1.807, 2.05) is 0 Å². The minimum absolute atomic E-state index is 0.218. The fourth-order valence-corrected chi connectivity index (χ4v) is 2.17. The van der Waals surface area contributed by atoms with E-state index in [1.54, 1.807) is 19.1 Å². The first-order valence-electron chi connectivity index (χ1n) is 6.26. The number of H-pyrrole nitrogens is 1. The normalized spacial score (nSPS) is 11.1. The molecule has 21 heavy (non-hydrogen) atoms. The van der Waals surface area contributed by atoms with E-state index in [-0.39, 0.29) is 29.7 Å². The molecule has 0 fully saturated rings. The summed E-state index contributed by atoms with van der Waals surface area (Å²) in [7, 11) is 0. The molecule has 0 radical (unpaired) electrons. The maximum absolute atomic E-state index is 12.3. The summed E-state index contributed by atoms with van der Waals surface area (Å²) in [5.41, 5.74) is 1.14. The van der Waals surface area contributed by atoms with Crippen LogP contribution in [-0.2, 0) is 17.6 Å². The molecule has 3 aromatic heterocycles. The zero-order valence-electron chi connectivity index (χ0n) is 11.2. The first kappa shape index (κ1) is 13.1. The quantitative estimate of drug-likeness (QED) is 0.724. The Morgan fingerprint density at radius 1 is 1.48 bits per heavy atom. The second kappa shape index (κ2) is 4.89. The molecule has 0 bridgehead atoms. The van der Waals surface area contributed by atoms with Gasteiger partial charge in [0, 0.05) is 11.3 Å². The highest BCUT2D eigenvalue weighted by Crippen LogP contribution is 2.12. The van der Waals surface area contributed by atoms with Crippen molar-refractivity contribution in [2.45, 2.75) is 19.8 Å². The number of aliphatic carboxylic acids is 1. The predicted molar refractivity (Wildman–Crippen MR) is 71.2 cm³/mol. The van der Waals surface area contributed by atoms with E-state index in [0.717, 1.165) is 0 Å². The number of fused-ring (bicyclic) bond motifs is 1. The summed E-state index contributed by atoms with van der Waals surface area (Å²) >= 11 is 0. The molecule has 0 aliphatic heterocycles. The Hall–Kier alpha value is -2.90. The summed E-state index contributed by atoms with van der Waals surface area (Å²) in [4.78, 5) is 23.2. The van der Waals surface area contributed by atoms with Crippen LogP contribution in [0, 0.1) is 6.92 Å². The van der Waals surface area contributed by atoms with E-state index in [0.29, 0.717) is 17.0 Å². The van der Waals surface area contributed by atoms with Crippen molar-refractivity contribution in [3.63, 3.8) is 0 Å². The van der Waals surface area contributed by atoms with E-state index < -0.39 is 5.97 Å². The van der Waals surface area contributed by atoms with Crippen molar-refractivity contribution in [2.24, 2.45) is 0 Å². The number of hydrogen-bond donors (Lipinski definition) is 2. The van der Waals surface area contributed by atoms with Gasteiger partial charge >= 0.3 is 5.97 Å². The molecular formula is C13H12N4O4. The van der Waals surface area contributed by atoms with Crippen molar-refractivity contribution in [3.05, 3.63) is 51.5 Å². The van der Waals surface area contributed by atoms with Crippen LogP contribution in [0.15, 0.2) is 27.6 Å². The van der Waals surface area contributed by atoms with Crippen LogP contribution in [0.3, 0.4) is 0 Å². The largest absolute Gasteiger partial charge is 0.481 e. The zero-order chi connectivity index (χ0) is 15.0. The van der Waals surface area contributed by atoms with Gasteiger partial charge in [-0.3, -0.25) is 14.7 Å². The molecule has 3 heterocycles. The van der Waals surface area contributed by atoms with Crippen LogP contribution < -0.4 is 5.56 Å². The summed E-state index contributed by atoms with van der Waals surface area (Å²) in [6.07, 6.45) is 1.53. The average Bonchev–Trinajstić information content (AvgIpc) is 3.03. The van der Waals surface area contributed by atoms with E-state index in [2.05, 4.69) is 15.3 Å². The Kier molecular flexibility index (Phi) is 3.05. The number of aromatic amines is 1. The number of aromatic nitrogens is 4. The highest BCUT2D eigenvalue weighted by atomic mass is 16.4. The van der Waals surface area contributed by atoms with E-state index in [4.69, 9.17) is 9.52 Å². The average molecular weight is 288 g/mol. The van der Waals surface area contributed by atoms with Crippen molar-refractivity contribution in [1.82, 2.24) is 19.8 Å². The Morgan fingerprint density at radius 2 is 2.29 bits per heavy atom. The fraction of sp³-hybridized carbons (Fsp3) is 0.231. The van der Waals surface area contributed by atoms with Crippen LogP contribution >= 0.6 is 0 Å². The van der Waals surface area contributed by atoms with Crippen LogP contribution in [-0.4, -0.2) is 30.9 Å². The lowest BCUT2D eigenvalue weighted by Crippen LogP contribution is -2.22. The number of carboxylic acid groups (broad SMARTS) is 1. The lowest BCUT2D eigenvalue weighted by Gasteiger charge is -1.98. The van der Waals surface area contributed by atoms with Crippen LogP contribution in [0.2, 0.25) is 0 Å². The summed E-state index contributed by atoms with van der Waals surface area (Å²) in [5, 5.41) is 19.6. The minimum atomic E-state index is -0.992. The van der Waals surface area contributed by atoms with Gasteiger partial charge in [0.1, 0.15) is 11.5 Å². The monoisotopic (exact) mass is 288 g/mol. The third kappa shape index (κ3) is 2.31. The second-order valence-electron chi connectivity index (χ2n) is 4.65. The van der Waals surface area contributed by atoms with Crippen LogP contribution in [0.5, 0.6) is 0 Å². The van der Waals surface area contributed by atoms with E-state index >= 15 is 0 Å². The summed E-state index contributed by atoms with van der Waals surface area (Å²) in [6.45, 7) is 1.69. The molecule has 0 saturated carbocycles. The fourth-order valence-electron chi connectivity index (χ4n) is 2.17. The molecule has 0 aliphatic carbocycles. The lowest BCUT2D eigenvalue weighted by molar-refractivity contribution is -0.136. The number of hydrogen-bond acceptors (Lipinski definition) is 5. The number of furan rings is 1. The molecule has 0 spiro atoms. The van der Waals surface area contributed by atoms with Crippen molar-refractivity contribution >= 4 is 11.6 Å². The Bertz CT molecular complexity index is 860. The topological polar surface area (TPSA) is 113 Å². The standard InChI is InChI=1S/C13H12N4O4/c1-7-9(6-11(18)19)12-15-14-10(13(20)17(12)16-7)5-8-3-2-4-21-8/h2-4,16H,5-6H2,1H3,(H,18,19). The second-order valence-corrected chi connectivity index (χ2v) is 4.65. The van der Waals surface area contributed by atoms with Crippen molar-refractivity contribution in [3.8, 4) is 0 Å². The molecule has 108 valence electrons. The Labute approximate surface area is 118 Å². The number of carbonyl (C=O) groups is 1. The first-order chi connectivity index (χ1) is 10.1. The number of nitrogens with one attached hydrogen (secondary N) is 1. The zero-order valence-corrected chi connectivity index (χ0v) is 11.2. The molecule has 0 atom stereocenters. The molecule has 8 heteroatoms. The highest BCUT2D eigenvalue weighted by Gasteiger charge is 2.17. The van der Waals surface area contributed by atoms with Gasteiger partial charge in [-0.1, -0.05) is 0 Å². The third-order valence-corrected chi connectivity index (χ3v) is 3.18. The number of nitrogens with zero attached hydrogens (tertiary/aromatic N) is 3. The maximum atomic E-state index is 12.3. The predicted octanol–water partition coefficient (Wildman–Crippen LogP) is 0.537. The van der Waals surface area contributed by atoms with Gasteiger partial charge in [-0.15, -0.1) is 10.2 Å². The van der Waals surface area contributed by atoms with Crippen LogP contribution in [0.4, 0.5) is 0 Å². The first-order valence-corrected chi connectivity index (χ1v) is 6.26. The van der Waals surface area contributed by atoms with Gasteiger partial charge in [-0.25, -0.2) is 0 Å². The molecule has 3 aromatic rings. The lowest BCUT2D eigenvalue weighted by atomic mass is 10.2. The smallest absolute Gasteiger partial charge is 0.308 e. The highest BCUT2D eigenvalue weighted by molar-refractivity contribution is 5.73. The number of aryl methyl sites for hydroxylation is 1. The molecule has 0 aliphatic rings. The van der Waals surface area contributed by atoms with Gasteiger partial charge in [0.25, 0.3) is 5.56 Å². The third-order valence-electron chi connectivity index (χ3n) is 3.18. The van der Waals surface area contributed by atoms with Crippen molar-refractivity contribution < 1.29 is 14.3 Å². The molecule has 0 amide bonds. The van der Waals surface area contributed by atoms with Gasteiger partial charge in [0.2, 0.25) is 0 Å². The molecule has 8 nitrogen and oxygen atoms in total. The van der Waals surface area contributed by atoms with Gasteiger partial charge in [-0.05, 0) is 19.1 Å². The summed E-state index contributed by atoms with van der Waals surface area (Å²) in [5.74, 6) is -0.385. The Balaban J connectivity index is 2.09. The van der Waals surface area contributed by atoms with Gasteiger partial charge in [0.05, 0.1) is 19.1 Å². The molecule has 0 unspecified atom stereocenters. The Morgan fingerprint density at radius 3 is 2.95 bits per heavy atom. The molecular weight excluding hydrogens is 276 g/mol. The SMILES string of the molecule is Cc1[nH]n2c(=O)c(Cc3ccco3)nnc2c1CC(=O)O. The number of carboxylic acids is 1. The number of rotatable bonds is 4. The summed E-state index contributed by atoms with van der Waals surface area (Å²) < 4.78 is 6.40. The maximum Gasteiger partial charge on any atom is 0.308 e.